The number of rotatable bonds is 4. The fourth-order valence-corrected chi connectivity index (χ4v) is 3.34. The van der Waals surface area contributed by atoms with Crippen LogP contribution in [0.25, 0.3) is 0 Å². The molecule has 2 unspecified atom stereocenters. The van der Waals surface area contributed by atoms with Gasteiger partial charge in [0.1, 0.15) is 0 Å². The maximum absolute atomic E-state index is 3.70. The van der Waals surface area contributed by atoms with Gasteiger partial charge in [-0.3, -0.25) is 0 Å². The molecule has 0 bridgehead atoms. The van der Waals surface area contributed by atoms with Crippen LogP contribution in [0.1, 0.15) is 46.5 Å². The molecule has 1 nitrogen and oxygen atoms in total. The predicted octanol–water partition coefficient (Wildman–Crippen LogP) is 3.05. The summed E-state index contributed by atoms with van der Waals surface area (Å²) in [5.74, 6) is 1.26. The molecule has 1 aliphatic rings. The van der Waals surface area contributed by atoms with Crippen molar-refractivity contribution in [2.45, 2.75) is 63.8 Å². The Bertz CT molecular complexity index is 134. The minimum atomic E-state index is 0.642. The lowest BCUT2D eigenvalue weighted by atomic mass is 9.94. The van der Waals surface area contributed by atoms with Crippen LogP contribution in [0.3, 0.4) is 0 Å². The van der Waals surface area contributed by atoms with Crippen molar-refractivity contribution in [2.24, 2.45) is 0 Å². The zero-order valence-electron chi connectivity index (χ0n) is 9.18. The molecule has 0 saturated heterocycles. The Balaban J connectivity index is 2.36. The summed E-state index contributed by atoms with van der Waals surface area (Å²) >= 11 is 2.14. The molecule has 0 amide bonds. The first-order valence-electron chi connectivity index (χ1n) is 5.61. The van der Waals surface area contributed by atoms with Crippen LogP contribution in [0, 0.1) is 0 Å². The third kappa shape index (κ3) is 3.90. The Kier molecular flexibility index (Phi) is 5.18. The van der Waals surface area contributed by atoms with Crippen LogP contribution >= 0.6 is 11.8 Å². The van der Waals surface area contributed by atoms with Gasteiger partial charge in [-0.15, -0.1) is 0 Å². The molecular weight excluding hydrogens is 178 g/mol. The second-order valence-corrected chi connectivity index (χ2v) is 5.72. The van der Waals surface area contributed by atoms with E-state index in [2.05, 4.69) is 37.8 Å². The lowest BCUT2D eigenvalue weighted by Crippen LogP contribution is -2.43. The molecule has 0 spiro atoms. The van der Waals surface area contributed by atoms with E-state index in [4.69, 9.17) is 0 Å². The Labute approximate surface area is 87.1 Å². The number of nitrogens with one attached hydrogen (secondary N) is 1. The number of thioether (sulfide) groups is 1. The van der Waals surface area contributed by atoms with Crippen molar-refractivity contribution in [3.63, 3.8) is 0 Å². The highest BCUT2D eigenvalue weighted by molar-refractivity contribution is 7.99. The Hall–Kier alpha value is 0.310. The van der Waals surface area contributed by atoms with Crippen molar-refractivity contribution in [3.05, 3.63) is 0 Å². The Morgan fingerprint density at radius 3 is 2.62 bits per heavy atom. The van der Waals surface area contributed by atoms with Crippen molar-refractivity contribution in [1.82, 2.24) is 5.32 Å². The highest BCUT2D eigenvalue weighted by atomic mass is 32.2. The van der Waals surface area contributed by atoms with Crippen LogP contribution in [-0.4, -0.2) is 23.1 Å². The van der Waals surface area contributed by atoms with E-state index in [0.29, 0.717) is 6.04 Å². The second kappa shape index (κ2) is 5.92. The van der Waals surface area contributed by atoms with Crippen LogP contribution < -0.4 is 5.32 Å². The van der Waals surface area contributed by atoms with Crippen molar-refractivity contribution in [1.29, 1.82) is 0 Å². The molecule has 1 fully saturated rings. The summed E-state index contributed by atoms with van der Waals surface area (Å²) in [6.07, 6.45) is 5.66. The molecule has 0 aromatic heterocycles. The smallest absolute Gasteiger partial charge is 0.0201 e. The SMILES string of the molecule is CCSC1CCCCC1NC(C)C. The summed E-state index contributed by atoms with van der Waals surface area (Å²) in [7, 11) is 0. The molecule has 0 aliphatic heterocycles. The van der Waals surface area contributed by atoms with Gasteiger partial charge >= 0.3 is 0 Å². The van der Waals surface area contributed by atoms with Crippen LogP contribution in [0.15, 0.2) is 0 Å². The van der Waals surface area contributed by atoms with Gasteiger partial charge in [0.15, 0.2) is 0 Å². The van der Waals surface area contributed by atoms with Gasteiger partial charge in [-0.25, -0.2) is 0 Å². The van der Waals surface area contributed by atoms with Crippen LogP contribution in [0.2, 0.25) is 0 Å². The molecule has 1 aliphatic carbocycles. The van der Waals surface area contributed by atoms with Gasteiger partial charge < -0.3 is 5.32 Å². The van der Waals surface area contributed by atoms with E-state index in [1.807, 2.05) is 0 Å². The van der Waals surface area contributed by atoms with Crippen LogP contribution in [0.5, 0.6) is 0 Å². The van der Waals surface area contributed by atoms with Crippen molar-refractivity contribution >= 4 is 11.8 Å². The van der Waals surface area contributed by atoms with E-state index < -0.39 is 0 Å². The van der Waals surface area contributed by atoms with Crippen molar-refractivity contribution < 1.29 is 0 Å². The fourth-order valence-electron chi connectivity index (χ4n) is 2.13. The van der Waals surface area contributed by atoms with E-state index in [0.717, 1.165) is 11.3 Å². The predicted molar refractivity (Wildman–Crippen MR) is 62.4 cm³/mol. The topological polar surface area (TPSA) is 12.0 Å². The van der Waals surface area contributed by atoms with Gasteiger partial charge in [0.05, 0.1) is 0 Å². The van der Waals surface area contributed by atoms with Crippen molar-refractivity contribution in [2.75, 3.05) is 5.75 Å². The first kappa shape index (κ1) is 11.4. The summed E-state index contributed by atoms with van der Waals surface area (Å²) < 4.78 is 0. The lowest BCUT2D eigenvalue weighted by molar-refractivity contribution is 0.361. The second-order valence-electron chi connectivity index (χ2n) is 4.21. The molecule has 0 heterocycles. The normalized spacial score (nSPS) is 29.5. The average molecular weight is 201 g/mol. The average Bonchev–Trinajstić information content (AvgIpc) is 2.08. The summed E-state index contributed by atoms with van der Waals surface area (Å²) in [5.41, 5.74) is 0. The zero-order chi connectivity index (χ0) is 9.68. The summed E-state index contributed by atoms with van der Waals surface area (Å²) in [6, 6.07) is 1.42. The molecule has 13 heavy (non-hydrogen) atoms. The van der Waals surface area contributed by atoms with Gasteiger partial charge in [-0.1, -0.05) is 33.6 Å². The molecular formula is C11H23NS. The summed E-state index contributed by atoms with van der Waals surface area (Å²) in [4.78, 5) is 0. The molecule has 0 aromatic rings. The van der Waals surface area contributed by atoms with Crippen molar-refractivity contribution in [3.8, 4) is 0 Å². The van der Waals surface area contributed by atoms with E-state index >= 15 is 0 Å². The molecule has 1 N–H and O–H groups in total. The first-order chi connectivity index (χ1) is 6.24. The lowest BCUT2D eigenvalue weighted by Gasteiger charge is -2.33. The van der Waals surface area contributed by atoms with E-state index in [1.54, 1.807) is 0 Å². The molecule has 78 valence electrons. The molecule has 2 heteroatoms. The molecule has 2 atom stereocenters. The third-order valence-electron chi connectivity index (χ3n) is 2.63. The highest BCUT2D eigenvalue weighted by Gasteiger charge is 2.24. The Morgan fingerprint density at radius 2 is 2.00 bits per heavy atom. The third-order valence-corrected chi connectivity index (χ3v) is 3.96. The van der Waals surface area contributed by atoms with Gasteiger partial charge in [0, 0.05) is 17.3 Å². The molecule has 1 rings (SSSR count). The van der Waals surface area contributed by atoms with Gasteiger partial charge in [-0.2, -0.15) is 11.8 Å². The van der Waals surface area contributed by atoms with E-state index in [1.165, 1.54) is 31.4 Å². The number of hydrogen-bond acceptors (Lipinski definition) is 2. The minimum Gasteiger partial charge on any atom is -0.311 e. The zero-order valence-corrected chi connectivity index (χ0v) is 9.99. The van der Waals surface area contributed by atoms with Gasteiger partial charge in [-0.05, 0) is 18.6 Å². The van der Waals surface area contributed by atoms with E-state index in [9.17, 15) is 0 Å². The molecule has 0 aromatic carbocycles. The van der Waals surface area contributed by atoms with Crippen LogP contribution in [-0.2, 0) is 0 Å². The maximum atomic E-state index is 3.70. The summed E-state index contributed by atoms with van der Waals surface area (Å²) in [5, 5.41) is 4.57. The number of hydrogen-bond donors (Lipinski definition) is 1. The van der Waals surface area contributed by atoms with Gasteiger partial charge in [0.2, 0.25) is 0 Å². The fraction of sp³-hybridized carbons (Fsp3) is 1.00. The minimum absolute atomic E-state index is 0.642. The first-order valence-corrected chi connectivity index (χ1v) is 6.66. The molecule has 0 radical (unpaired) electrons. The quantitative estimate of drug-likeness (QED) is 0.750. The highest BCUT2D eigenvalue weighted by Crippen LogP contribution is 2.28. The maximum Gasteiger partial charge on any atom is 0.0201 e. The molecule has 1 saturated carbocycles. The summed E-state index contributed by atoms with van der Waals surface area (Å²) in [6.45, 7) is 6.77. The largest absolute Gasteiger partial charge is 0.311 e. The standard InChI is InChI=1S/C11H23NS/c1-4-13-11-8-6-5-7-10(11)12-9(2)3/h9-12H,4-8H2,1-3H3. The monoisotopic (exact) mass is 201 g/mol. The van der Waals surface area contributed by atoms with E-state index in [-0.39, 0.29) is 0 Å². The van der Waals surface area contributed by atoms with Gasteiger partial charge in [0.25, 0.3) is 0 Å². The Morgan fingerprint density at radius 1 is 1.31 bits per heavy atom. The van der Waals surface area contributed by atoms with Crippen LogP contribution in [0.4, 0.5) is 0 Å².